The van der Waals surface area contributed by atoms with Crippen molar-refractivity contribution >= 4 is 0 Å². The first-order valence-corrected chi connectivity index (χ1v) is 17.2. The average Bonchev–Trinajstić information content (AvgIpc) is 3.58. The van der Waals surface area contributed by atoms with Crippen LogP contribution in [0.25, 0.3) is 0 Å². The first-order chi connectivity index (χ1) is 23.2. The quantitative estimate of drug-likeness (QED) is 0.222. The van der Waals surface area contributed by atoms with Crippen molar-refractivity contribution in [2.24, 2.45) is 0 Å². The molecule has 0 unspecified atom stereocenters. The summed E-state index contributed by atoms with van der Waals surface area (Å²) in [6, 6.07) is 30.6. The minimum Gasteiger partial charge on any atom is -0.374 e. The van der Waals surface area contributed by atoms with Gasteiger partial charge in [0.2, 0.25) is 0 Å². The van der Waals surface area contributed by atoms with Crippen LogP contribution in [0.2, 0.25) is 0 Å². The molecule has 4 aliphatic rings. The maximum absolute atomic E-state index is 6.88. The van der Waals surface area contributed by atoms with Crippen molar-refractivity contribution in [2.45, 2.75) is 127 Å². The van der Waals surface area contributed by atoms with Gasteiger partial charge in [-0.2, -0.15) is 0 Å². The van der Waals surface area contributed by atoms with Crippen LogP contribution < -0.4 is 0 Å². The molecule has 9 heteroatoms. The molecule has 4 heterocycles. The number of benzene rings is 3. The van der Waals surface area contributed by atoms with Gasteiger partial charge in [-0.25, -0.2) is 0 Å². The molecule has 3 aromatic carbocycles. The van der Waals surface area contributed by atoms with Gasteiger partial charge in [-0.1, -0.05) is 91.0 Å². The number of hydrogen-bond acceptors (Lipinski definition) is 9. The highest BCUT2D eigenvalue weighted by Crippen LogP contribution is 2.45. The minimum atomic E-state index is -0.785. The lowest BCUT2D eigenvalue weighted by molar-refractivity contribution is -0.255. The summed E-state index contributed by atoms with van der Waals surface area (Å²) in [5, 5.41) is 0. The summed E-state index contributed by atoms with van der Waals surface area (Å²) in [4.78, 5) is 0. The van der Waals surface area contributed by atoms with Crippen LogP contribution in [0.5, 0.6) is 0 Å². The summed E-state index contributed by atoms with van der Waals surface area (Å²) in [6.45, 7) is 9.36. The van der Waals surface area contributed by atoms with Crippen molar-refractivity contribution in [1.29, 1.82) is 0 Å². The lowest BCUT2D eigenvalue weighted by atomic mass is 9.90. The Morgan fingerprint density at radius 1 is 0.583 bits per heavy atom. The molecule has 0 bridgehead atoms. The van der Waals surface area contributed by atoms with Crippen LogP contribution in [0.15, 0.2) is 91.0 Å². The zero-order valence-electron chi connectivity index (χ0n) is 28.3. The van der Waals surface area contributed by atoms with Crippen LogP contribution in [-0.2, 0) is 62.5 Å². The topological polar surface area (TPSA) is 83.1 Å². The van der Waals surface area contributed by atoms with E-state index >= 15 is 0 Å². The third-order valence-corrected chi connectivity index (χ3v) is 9.33. The Hall–Kier alpha value is -2.70. The molecule has 3 aromatic rings. The summed E-state index contributed by atoms with van der Waals surface area (Å²) in [5.74, 6) is -1.56. The molecule has 9 atom stereocenters. The Bertz CT molecular complexity index is 1440. The van der Waals surface area contributed by atoms with Gasteiger partial charge in [0.15, 0.2) is 17.9 Å². The summed E-state index contributed by atoms with van der Waals surface area (Å²) >= 11 is 0. The van der Waals surface area contributed by atoms with Gasteiger partial charge in [-0.3, -0.25) is 0 Å². The Kier molecular flexibility index (Phi) is 10.3. The van der Waals surface area contributed by atoms with E-state index in [1.54, 1.807) is 0 Å². The highest BCUT2D eigenvalue weighted by molar-refractivity contribution is 5.15. The fraction of sp³-hybridized carbons (Fsp3) is 0.538. The normalized spacial score (nSPS) is 33.6. The van der Waals surface area contributed by atoms with Crippen molar-refractivity contribution in [3.8, 4) is 0 Å². The second-order valence-electron chi connectivity index (χ2n) is 14.1. The summed E-state index contributed by atoms with van der Waals surface area (Å²) in [6.07, 6.45) is -2.02. The van der Waals surface area contributed by atoms with E-state index in [1.807, 2.05) is 82.3 Å². The first kappa shape index (κ1) is 33.8. The highest BCUT2D eigenvalue weighted by atomic mass is 16.9. The molecule has 0 spiro atoms. The van der Waals surface area contributed by atoms with E-state index in [4.69, 9.17) is 42.6 Å². The third kappa shape index (κ3) is 8.18. The Morgan fingerprint density at radius 3 is 1.77 bits per heavy atom. The SMILES string of the molecule is CC1(C)O[C@H]2[C@@H](O1)[C@@H](C[C@H]1C[C@@H](OCc3ccccc3)[C@H](OCc3ccccc3)[C@@H](COCc3ccccc3)O1)O[C@@H]1OC(C)(C)O[C@@H]12. The third-order valence-electron chi connectivity index (χ3n) is 9.33. The van der Waals surface area contributed by atoms with Gasteiger partial charge in [0.25, 0.3) is 0 Å². The van der Waals surface area contributed by atoms with E-state index in [0.29, 0.717) is 39.3 Å². The molecule has 7 rings (SSSR count). The van der Waals surface area contributed by atoms with Crippen LogP contribution in [0.3, 0.4) is 0 Å². The predicted octanol–water partition coefficient (Wildman–Crippen LogP) is 6.32. The van der Waals surface area contributed by atoms with Crippen LogP contribution in [0.1, 0.15) is 57.2 Å². The summed E-state index contributed by atoms with van der Waals surface area (Å²) in [7, 11) is 0. The van der Waals surface area contributed by atoms with Crippen LogP contribution in [0, 0.1) is 0 Å². The van der Waals surface area contributed by atoms with Crippen molar-refractivity contribution in [1.82, 2.24) is 0 Å². The summed E-state index contributed by atoms with van der Waals surface area (Å²) < 4.78 is 58.4. The summed E-state index contributed by atoms with van der Waals surface area (Å²) in [5.41, 5.74) is 3.29. The van der Waals surface area contributed by atoms with Gasteiger partial charge in [0.05, 0.1) is 44.7 Å². The zero-order valence-corrected chi connectivity index (χ0v) is 28.3. The molecule has 0 radical (unpaired) electrons. The van der Waals surface area contributed by atoms with E-state index in [1.165, 1.54) is 0 Å². The lowest BCUT2D eigenvalue weighted by Gasteiger charge is -2.44. The van der Waals surface area contributed by atoms with E-state index in [2.05, 4.69) is 36.4 Å². The van der Waals surface area contributed by atoms with Gasteiger partial charge in [0, 0.05) is 12.8 Å². The molecule has 48 heavy (non-hydrogen) atoms. The molecular weight excluding hydrogens is 612 g/mol. The largest absolute Gasteiger partial charge is 0.374 e. The number of fused-ring (bicyclic) bond motifs is 3. The van der Waals surface area contributed by atoms with Crippen molar-refractivity contribution in [3.05, 3.63) is 108 Å². The monoisotopic (exact) mass is 660 g/mol. The van der Waals surface area contributed by atoms with E-state index in [-0.39, 0.29) is 48.8 Å². The molecular formula is C39H48O9. The van der Waals surface area contributed by atoms with Gasteiger partial charge in [-0.05, 0) is 44.4 Å². The van der Waals surface area contributed by atoms with Gasteiger partial charge in [0.1, 0.15) is 30.5 Å². The van der Waals surface area contributed by atoms with Crippen LogP contribution >= 0.6 is 0 Å². The maximum atomic E-state index is 6.88. The highest BCUT2D eigenvalue weighted by Gasteiger charge is 2.61. The zero-order chi connectivity index (χ0) is 33.1. The first-order valence-electron chi connectivity index (χ1n) is 17.2. The van der Waals surface area contributed by atoms with Crippen LogP contribution in [0.4, 0.5) is 0 Å². The second-order valence-corrected chi connectivity index (χ2v) is 14.1. The molecule has 9 nitrogen and oxygen atoms in total. The molecule has 258 valence electrons. The number of rotatable bonds is 12. The standard InChI is InChI=1S/C39H48O9/c1-38(2)45-34-31(44-37-36(35(34)46-38)47-39(3,4)48-37)21-29-20-30(41-23-27-16-10-6-11-17-27)33(42-24-28-18-12-7-13-19-28)32(43-29)25-40-22-26-14-8-5-9-15-26/h5-19,29-37H,20-25H2,1-4H3/t29-,30-,31-,32-,33+,34+,35+,36-,37-/m1/s1. The van der Waals surface area contributed by atoms with E-state index in [9.17, 15) is 0 Å². The molecule has 0 amide bonds. The van der Waals surface area contributed by atoms with E-state index < -0.39 is 17.9 Å². The van der Waals surface area contributed by atoms with Gasteiger partial charge < -0.3 is 42.6 Å². The number of hydrogen-bond donors (Lipinski definition) is 0. The van der Waals surface area contributed by atoms with Crippen molar-refractivity contribution in [3.63, 3.8) is 0 Å². The number of ether oxygens (including phenoxy) is 9. The second kappa shape index (κ2) is 14.6. The molecule has 4 aliphatic heterocycles. The Morgan fingerprint density at radius 2 is 1.12 bits per heavy atom. The van der Waals surface area contributed by atoms with Gasteiger partial charge in [-0.15, -0.1) is 0 Å². The molecule has 0 aromatic heterocycles. The van der Waals surface area contributed by atoms with Crippen LogP contribution in [-0.4, -0.2) is 73.3 Å². The van der Waals surface area contributed by atoms with Crippen molar-refractivity contribution < 1.29 is 42.6 Å². The minimum absolute atomic E-state index is 0.225. The predicted molar refractivity (Wildman–Crippen MR) is 177 cm³/mol. The average molecular weight is 661 g/mol. The lowest BCUT2D eigenvalue weighted by Crippen LogP contribution is -2.57. The fourth-order valence-corrected chi connectivity index (χ4v) is 7.23. The molecule has 0 N–H and O–H groups in total. The van der Waals surface area contributed by atoms with E-state index in [0.717, 1.165) is 16.7 Å². The fourth-order valence-electron chi connectivity index (χ4n) is 7.23. The smallest absolute Gasteiger partial charge is 0.190 e. The maximum Gasteiger partial charge on any atom is 0.190 e. The Balaban J connectivity index is 1.12. The molecule has 4 fully saturated rings. The Labute approximate surface area is 283 Å². The molecule has 4 saturated heterocycles. The molecule has 0 saturated carbocycles. The van der Waals surface area contributed by atoms with Crippen molar-refractivity contribution in [2.75, 3.05) is 6.61 Å². The molecule has 0 aliphatic carbocycles. The van der Waals surface area contributed by atoms with Gasteiger partial charge >= 0.3 is 0 Å².